The van der Waals surface area contributed by atoms with E-state index in [1.165, 1.54) is 0 Å². The molecule has 0 amide bonds. The van der Waals surface area contributed by atoms with Gasteiger partial charge in [-0.2, -0.15) is 26.3 Å². The van der Waals surface area contributed by atoms with E-state index < -0.39 is 66.0 Å². The summed E-state index contributed by atoms with van der Waals surface area (Å²) in [5.41, 5.74) is -4.45. The van der Waals surface area contributed by atoms with Gasteiger partial charge in [0.05, 0.1) is 30.8 Å². The monoisotopic (exact) mass is 628 g/mol. The first-order chi connectivity index (χ1) is 20.0. The van der Waals surface area contributed by atoms with Gasteiger partial charge in [0.2, 0.25) is 21.3 Å². The van der Waals surface area contributed by atoms with Gasteiger partial charge in [-0.05, 0) is 72.8 Å². The van der Waals surface area contributed by atoms with Crippen molar-refractivity contribution in [3.05, 3.63) is 116 Å². The number of halogens is 6. The summed E-state index contributed by atoms with van der Waals surface area (Å²) in [4.78, 5) is 19.8. The number of nitro groups is 2. The van der Waals surface area contributed by atoms with Crippen LogP contribution in [0.5, 0.6) is 23.0 Å². The van der Waals surface area contributed by atoms with Crippen LogP contribution in [0.4, 0.5) is 37.7 Å². The van der Waals surface area contributed by atoms with E-state index in [2.05, 4.69) is 0 Å². The standard InChI is InChI=1S/C26H14F6N2O8S/c27-25(28,29)15-1-11-23(21(13-15)33(35)36)41-17-3-7-19(8-4-17)43(39,40)20-9-5-18(6-10-20)42-24-12-2-16(26(30,31)32)14-22(24)34(37)38/h1-14H. The lowest BCUT2D eigenvalue weighted by molar-refractivity contribution is -0.386. The quantitative estimate of drug-likeness (QED) is 0.109. The van der Waals surface area contributed by atoms with E-state index in [4.69, 9.17) is 9.47 Å². The number of hydrogen-bond acceptors (Lipinski definition) is 8. The van der Waals surface area contributed by atoms with Crippen LogP contribution in [0.1, 0.15) is 11.1 Å². The average Bonchev–Trinajstić information content (AvgIpc) is 2.92. The largest absolute Gasteiger partial charge is 0.450 e. The first kappa shape index (κ1) is 30.8. The fourth-order valence-corrected chi connectivity index (χ4v) is 4.87. The molecule has 4 aromatic rings. The van der Waals surface area contributed by atoms with Gasteiger partial charge in [-0.15, -0.1) is 0 Å². The third-order valence-corrected chi connectivity index (χ3v) is 7.48. The van der Waals surface area contributed by atoms with Gasteiger partial charge < -0.3 is 9.47 Å². The van der Waals surface area contributed by atoms with Crippen LogP contribution in [-0.2, 0) is 22.2 Å². The lowest BCUT2D eigenvalue weighted by Gasteiger charge is -2.11. The van der Waals surface area contributed by atoms with Gasteiger partial charge >= 0.3 is 23.7 Å². The smallest absolute Gasteiger partial charge is 0.416 e. The summed E-state index contributed by atoms with van der Waals surface area (Å²) in [6, 6.07) is 12.1. The molecule has 0 saturated carbocycles. The van der Waals surface area contributed by atoms with Crippen LogP contribution < -0.4 is 9.47 Å². The third-order valence-electron chi connectivity index (χ3n) is 5.69. The van der Waals surface area contributed by atoms with Crippen molar-refractivity contribution in [3.63, 3.8) is 0 Å². The molecular formula is C26H14F6N2O8S. The Bertz CT molecular complexity index is 1680. The summed E-state index contributed by atoms with van der Waals surface area (Å²) in [5.74, 6) is -1.28. The van der Waals surface area contributed by atoms with E-state index in [0.29, 0.717) is 24.3 Å². The van der Waals surface area contributed by atoms with Crippen molar-refractivity contribution in [3.8, 4) is 23.0 Å². The molecule has 4 aromatic carbocycles. The molecule has 0 N–H and O–H groups in total. The molecule has 0 spiro atoms. The van der Waals surface area contributed by atoms with E-state index in [1.807, 2.05) is 0 Å². The summed E-state index contributed by atoms with van der Waals surface area (Å²) in [7, 11) is -4.18. The molecule has 4 rings (SSSR count). The van der Waals surface area contributed by atoms with Crippen molar-refractivity contribution in [2.24, 2.45) is 0 Å². The van der Waals surface area contributed by atoms with E-state index in [9.17, 15) is 55.0 Å². The SMILES string of the molecule is O=[N+]([O-])c1cc(C(F)(F)F)ccc1Oc1ccc(S(=O)(=O)c2ccc(Oc3ccc(C(F)(F)F)cc3[N+](=O)[O-])cc2)cc1. The number of alkyl halides is 6. The molecule has 0 saturated heterocycles. The summed E-state index contributed by atoms with van der Waals surface area (Å²) >= 11 is 0. The Morgan fingerprint density at radius 3 is 1.16 bits per heavy atom. The normalized spacial score (nSPS) is 12.0. The molecule has 0 radical (unpaired) electrons. The highest BCUT2D eigenvalue weighted by molar-refractivity contribution is 7.91. The van der Waals surface area contributed by atoms with E-state index in [-0.39, 0.29) is 21.3 Å². The Morgan fingerprint density at radius 2 is 0.884 bits per heavy atom. The van der Waals surface area contributed by atoms with Crippen molar-refractivity contribution in [1.82, 2.24) is 0 Å². The highest BCUT2D eigenvalue weighted by Crippen LogP contribution is 2.39. The highest BCUT2D eigenvalue weighted by Gasteiger charge is 2.34. The maximum absolute atomic E-state index is 13.0. The highest BCUT2D eigenvalue weighted by atomic mass is 32.2. The van der Waals surface area contributed by atoms with Crippen LogP contribution in [-0.4, -0.2) is 18.3 Å². The molecule has 0 bridgehead atoms. The van der Waals surface area contributed by atoms with Crippen LogP contribution >= 0.6 is 0 Å². The first-order valence-corrected chi connectivity index (χ1v) is 13.0. The summed E-state index contributed by atoms with van der Waals surface area (Å²) in [5, 5.41) is 22.5. The van der Waals surface area contributed by atoms with Crippen molar-refractivity contribution >= 4 is 21.2 Å². The molecule has 0 aliphatic carbocycles. The average molecular weight is 628 g/mol. The maximum atomic E-state index is 13.0. The Morgan fingerprint density at radius 1 is 0.558 bits per heavy atom. The van der Waals surface area contributed by atoms with Crippen LogP contribution in [0.15, 0.2) is 94.7 Å². The molecule has 0 aliphatic heterocycles. The van der Waals surface area contributed by atoms with Crippen LogP contribution in [0.25, 0.3) is 0 Å². The van der Waals surface area contributed by atoms with Crippen molar-refractivity contribution in [2.45, 2.75) is 22.1 Å². The van der Waals surface area contributed by atoms with Crippen molar-refractivity contribution in [2.75, 3.05) is 0 Å². The Hall–Kier alpha value is -5.19. The van der Waals surface area contributed by atoms with Crippen molar-refractivity contribution in [1.29, 1.82) is 0 Å². The summed E-state index contributed by atoms with van der Waals surface area (Å²) in [6.07, 6.45) is -9.66. The first-order valence-electron chi connectivity index (χ1n) is 11.5. The molecule has 0 aliphatic rings. The number of hydrogen-bond donors (Lipinski definition) is 0. The second kappa shape index (κ2) is 11.2. The van der Waals surface area contributed by atoms with Gasteiger partial charge in [-0.1, -0.05) is 0 Å². The van der Waals surface area contributed by atoms with E-state index in [0.717, 1.165) is 60.7 Å². The number of rotatable bonds is 8. The van der Waals surface area contributed by atoms with E-state index in [1.54, 1.807) is 0 Å². The topological polar surface area (TPSA) is 139 Å². The minimum Gasteiger partial charge on any atom is -0.450 e. The summed E-state index contributed by atoms with van der Waals surface area (Å²) < 4.78 is 114. The molecule has 43 heavy (non-hydrogen) atoms. The number of nitro benzene ring substituents is 2. The van der Waals surface area contributed by atoms with Crippen LogP contribution in [0, 0.1) is 20.2 Å². The van der Waals surface area contributed by atoms with Gasteiger partial charge in [0.25, 0.3) is 0 Å². The number of ether oxygens (including phenoxy) is 2. The molecule has 0 heterocycles. The zero-order chi connectivity index (χ0) is 31.7. The van der Waals surface area contributed by atoms with E-state index >= 15 is 0 Å². The summed E-state index contributed by atoms with van der Waals surface area (Å²) in [6.45, 7) is 0. The minimum atomic E-state index is -4.83. The minimum absolute atomic E-state index is 0.122. The number of benzene rings is 4. The Balaban J connectivity index is 1.53. The fourth-order valence-electron chi connectivity index (χ4n) is 3.61. The number of sulfone groups is 1. The Kier molecular flexibility index (Phi) is 8.04. The Labute approximate surface area is 236 Å². The number of nitrogens with zero attached hydrogens (tertiary/aromatic N) is 2. The second-order valence-corrected chi connectivity index (χ2v) is 10.5. The van der Waals surface area contributed by atoms with Gasteiger partial charge in [0.15, 0.2) is 0 Å². The molecule has 0 unspecified atom stereocenters. The molecule has 10 nitrogen and oxygen atoms in total. The van der Waals surface area contributed by atoms with Gasteiger partial charge in [0, 0.05) is 12.1 Å². The van der Waals surface area contributed by atoms with Crippen LogP contribution in [0.2, 0.25) is 0 Å². The molecule has 224 valence electrons. The van der Waals surface area contributed by atoms with Crippen LogP contribution in [0.3, 0.4) is 0 Å². The second-order valence-electron chi connectivity index (χ2n) is 8.53. The third kappa shape index (κ3) is 6.83. The van der Waals surface area contributed by atoms with Gasteiger partial charge in [0.1, 0.15) is 11.5 Å². The lowest BCUT2D eigenvalue weighted by Crippen LogP contribution is -2.06. The fraction of sp³-hybridized carbons (Fsp3) is 0.0769. The maximum Gasteiger partial charge on any atom is 0.416 e. The van der Waals surface area contributed by atoms with Crippen molar-refractivity contribution < 1.29 is 54.1 Å². The van der Waals surface area contributed by atoms with Gasteiger partial charge in [-0.25, -0.2) is 8.42 Å². The molecule has 17 heteroatoms. The zero-order valence-electron chi connectivity index (χ0n) is 20.9. The predicted octanol–water partition coefficient (Wildman–Crippen LogP) is 7.96. The molecule has 0 aromatic heterocycles. The zero-order valence-corrected chi connectivity index (χ0v) is 21.7. The predicted molar refractivity (Wildman–Crippen MR) is 135 cm³/mol. The molecular weight excluding hydrogens is 614 g/mol. The lowest BCUT2D eigenvalue weighted by atomic mass is 10.2. The molecule has 0 atom stereocenters. The molecule has 0 fully saturated rings. The van der Waals surface area contributed by atoms with Gasteiger partial charge in [-0.3, -0.25) is 20.2 Å².